The number of nitrogens with zero attached hydrogens (tertiary/aromatic N) is 3. The van der Waals surface area contributed by atoms with Gasteiger partial charge in [-0.25, -0.2) is 14.4 Å². The summed E-state index contributed by atoms with van der Waals surface area (Å²) in [6, 6.07) is -0.782. The number of hydrogen-bond donors (Lipinski definition) is 2. The first-order valence-corrected chi connectivity index (χ1v) is 14.3. The number of esters is 1. The van der Waals surface area contributed by atoms with Crippen molar-refractivity contribution >= 4 is 35.8 Å². The van der Waals surface area contributed by atoms with Crippen molar-refractivity contribution in [3.63, 3.8) is 0 Å². The van der Waals surface area contributed by atoms with E-state index in [0.717, 1.165) is 25.9 Å². The number of fused-ring (bicyclic) bond motifs is 1. The van der Waals surface area contributed by atoms with Crippen molar-refractivity contribution in [1.29, 1.82) is 0 Å². The Bertz CT molecular complexity index is 1040. The van der Waals surface area contributed by atoms with E-state index < -0.39 is 24.1 Å². The molecule has 4 rings (SSSR count). The van der Waals surface area contributed by atoms with Gasteiger partial charge in [-0.15, -0.1) is 11.8 Å². The molecular weight excluding hydrogens is 524 g/mol. The Kier molecular flexibility index (Phi) is 9.27. The molecule has 0 aromatic heterocycles. The zero-order chi connectivity index (χ0) is 28.3. The quantitative estimate of drug-likeness (QED) is 0.235. The number of rotatable bonds is 10. The Morgan fingerprint density at radius 2 is 1.85 bits per heavy atom. The molecule has 3 fully saturated rings. The molecule has 0 radical (unpaired) electrons. The van der Waals surface area contributed by atoms with Gasteiger partial charge >= 0.3 is 18.1 Å². The molecule has 1 unspecified atom stereocenters. The summed E-state index contributed by atoms with van der Waals surface area (Å²) in [4.78, 5) is 57.0. The topological polar surface area (TPSA) is 129 Å². The molecule has 4 aliphatic heterocycles. The summed E-state index contributed by atoms with van der Waals surface area (Å²) in [6.45, 7) is 12.8. The fourth-order valence-electron chi connectivity index (χ4n) is 5.88. The fourth-order valence-corrected chi connectivity index (χ4v) is 7.44. The lowest BCUT2D eigenvalue weighted by molar-refractivity contribution is -0.164. The second-order valence-electron chi connectivity index (χ2n) is 10.4. The van der Waals surface area contributed by atoms with Crippen LogP contribution in [0.25, 0.3) is 0 Å². The molecule has 0 spiro atoms. The van der Waals surface area contributed by atoms with Gasteiger partial charge < -0.3 is 34.6 Å². The molecule has 214 valence electrons. The Hall–Kier alpha value is -2.99. The molecule has 11 nitrogen and oxygen atoms in total. The van der Waals surface area contributed by atoms with Crippen LogP contribution in [0.3, 0.4) is 0 Å². The number of nitrogens with one attached hydrogen (secondary N) is 1. The van der Waals surface area contributed by atoms with Crippen LogP contribution < -0.4 is 5.32 Å². The SMILES string of the molecule is C=CCOC(=O)C1=C(S[C@H]2C[C@@H](CNC(=O)N3CCCC3)N(C(=O)OCC=C)C2)[C@H](C)[C@@H]2C([C@@H](C)O)C(=O)N12. The smallest absolute Gasteiger partial charge is 0.410 e. The van der Waals surface area contributed by atoms with Crippen molar-refractivity contribution in [2.24, 2.45) is 11.8 Å². The number of hydrogen-bond acceptors (Lipinski definition) is 8. The summed E-state index contributed by atoms with van der Waals surface area (Å²) in [6.07, 6.45) is 4.14. The molecule has 0 saturated carbocycles. The molecule has 0 aromatic carbocycles. The van der Waals surface area contributed by atoms with E-state index >= 15 is 0 Å². The average Bonchev–Trinajstić information content (AvgIpc) is 3.63. The molecular formula is C27H38N4O7S. The molecule has 0 aliphatic carbocycles. The predicted molar refractivity (Wildman–Crippen MR) is 145 cm³/mol. The monoisotopic (exact) mass is 562 g/mol. The largest absolute Gasteiger partial charge is 0.457 e. The van der Waals surface area contributed by atoms with E-state index in [4.69, 9.17) is 9.47 Å². The molecule has 3 saturated heterocycles. The van der Waals surface area contributed by atoms with Gasteiger partial charge in [0.15, 0.2) is 0 Å². The highest BCUT2D eigenvalue weighted by molar-refractivity contribution is 8.03. The Morgan fingerprint density at radius 1 is 1.18 bits per heavy atom. The average molecular weight is 563 g/mol. The Labute approximate surface area is 233 Å². The number of amides is 4. The molecule has 6 atom stereocenters. The second kappa shape index (κ2) is 12.5. The van der Waals surface area contributed by atoms with Crippen molar-refractivity contribution in [2.45, 2.75) is 56.5 Å². The number of carbonyl (C=O) groups is 4. The van der Waals surface area contributed by atoms with E-state index in [9.17, 15) is 24.3 Å². The van der Waals surface area contributed by atoms with Gasteiger partial charge in [0.2, 0.25) is 5.91 Å². The van der Waals surface area contributed by atoms with E-state index in [1.54, 1.807) is 16.7 Å². The third kappa shape index (κ3) is 5.81. The highest BCUT2D eigenvalue weighted by Gasteiger charge is 2.60. The first kappa shape index (κ1) is 29.0. The van der Waals surface area contributed by atoms with E-state index in [2.05, 4.69) is 18.5 Å². The van der Waals surface area contributed by atoms with E-state index in [-0.39, 0.29) is 60.6 Å². The second-order valence-corrected chi connectivity index (χ2v) is 11.7. The normalized spacial score (nSPS) is 28.6. The standard InChI is InChI=1S/C27H38N4O7S/c1-5-11-37-25(34)22-23(16(3)21-20(17(4)32)24(33)31(21)22)39-19-13-18(30(15-19)27(36)38-12-6-2)14-28-26(35)29-9-7-8-10-29/h5-6,16-21,32H,1-2,7-15H2,3-4H3,(H,28,35)/t16-,17-,18+,19+,20?,21-/m1/s1. The van der Waals surface area contributed by atoms with Crippen LogP contribution in [0.15, 0.2) is 35.9 Å². The third-order valence-electron chi connectivity index (χ3n) is 7.75. The maximum atomic E-state index is 13.1. The summed E-state index contributed by atoms with van der Waals surface area (Å²) >= 11 is 1.45. The maximum Gasteiger partial charge on any atom is 0.410 e. The third-order valence-corrected chi connectivity index (χ3v) is 9.24. The van der Waals surface area contributed by atoms with Crippen LogP contribution in [0.4, 0.5) is 9.59 Å². The molecule has 4 amide bonds. The molecule has 39 heavy (non-hydrogen) atoms. The first-order valence-electron chi connectivity index (χ1n) is 13.5. The molecule has 12 heteroatoms. The Balaban J connectivity index is 1.52. The van der Waals surface area contributed by atoms with E-state index in [0.29, 0.717) is 17.9 Å². The predicted octanol–water partition coefficient (Wildman–Crippen LogP) is 2.09. The summed E-state index contributed by atoms with van der Waals surface area (Å²) in [5.74, 6) is -1.71. The molecule has 0 bridgehead atoms. The highest BCUT2D eigenvalue weighted by atomic mass is 32.2. The number of thioether (sulfide) groups is 1. The van der Waals surface area contributed by atoms with Gasteiger partial charge in [0.1, 0.15) is 18.9 Å². The van der Waals surface area contributed by atoms with Gasteiger partial charge in [0.05, 0.1) is 24.1 Å². The zero-order valence-electron chi connectivity index (χ0n) is 22.5. The van der Waals surface area contributed by atoms with Crippen LogP contribution in [0.5, 0.6) is 0 Å². The van der Waals surface area contributed by atoms with Gasteiger partial charge in [-0.1, -0.05) is 32.2 Å². The molecule has 4 aliphatic rings. The summed E-state index contributed by atoms with van der Waals surface area (Å²) in [7, 11) is 0. The lowest BCUT2D eigenvalue weighted by Crippen LogP contribution is -2.63. The van der Waals surface area contributed by atoms with Crippen LogP contribution in [0.1, 0.15) is 33.1 Å². The minimum atomic E-state index is -0.846. The van der Waals surface area contributed by atoms with Crippen LogP contribution in [0, 0.1) is 11.8 Å². The molecule has 2 N–H and O–H groups in total. The number of carbonyl (C=O) groups excluding carboxylic acids is 4. The van der Waals surface area contributed by atoms with Gasteiger partial charge in [-0.3, -0.25) is 4.79 Å². The van der Waals surface area contributed by atoms with Gasteiger partial charge in [-0.05, 0) is 26.2 Å². The summed E-state index contributed by atoms with van der Waals surface area (Å²) in [5.41, 5.74) is 0.202. The van der Waals surface area contributed by atoms with Gasteiger partial charge in [0, 0.05) is 42.3 Å². The number of aliphatic hydroxyl groups is 1. The lowest BCUT2D eigenvalue weighted by Gasteiger charge is -2.46. The molecule has 4 heterocycles. The number of aliphatic hydroxyl groups excluding tert-OH is 1. The lowest BCUT2D eigenvalue weighted by atomic mass is 9.79. The fraction of sp³-hybridized carbons (Fsp3) is 0.630. The van der Waals surface area contributed by atoms with E-state index in [1.165, 1.54) is 28.8 Å². The minimum absolute atomic E-state index is 0.00628. The van der Waals surface area contributed by atoms with Crippen molar-refractivity contribution in [3.05, 3.63) is 35.9 Å². The van der Waals surface area contributed by atoms with Crippen molar-refractivity contribution in [3.8, 4) is 0 Å². The Morgan fingerprint density at radius 3 is 2.49 bits per heavy atom. The number of urea groups is 1. The minimum Gasteiger partial charge on any atom is -0.457 e. The highest BCUT2D eigenvalue weighted by Crippen LogP contribution is 2.52. The van der Waals surface area contributed by atoms with E-state index in [1.807, 2.05) is 6.92 Å². The number of ether oxygens (including phenoxy) is 2. The van der Waals surface area contributed by atoms with Crippen molar-refractivity contribution in [2.75, 3.05) is 39.4 Å². The summed E-state index contributed by atoms with van der Waals surface area (Å²) in [5, 5.41) is 13.1. The van der Waals surface area contributed by atoms with Crippen LogP contribution in [-0.2, 0) is 19.1 Å². The maximum absolute atomic E-state index is 13.1. The van der Waals surface area contributed by atoms with Gasteiger partial charge in [0.25, 0.3) is 0 Å². The molecule has 0 aromatic rings. The zero-order valence-corrected chi connectivity index (χ0v) is 23.4. The number of β-lactam (4-membered cyclic amide) rings is 1. The van der Waals surface area contributed by atoms with Crippen molar-refractivity contribution in [1.82, 2.24) is 20.0 Å². The van der Waals surface area contributed by atoms with Crippen LogP contribution in [-0.4, -0.2) is 107 Å². The van der Waals surface area contributed by atoms with Crippen molar-refractivity contribution < 1.29 is 33.8 Å². The van der Waals surface area contributed by atoms with Gasteiger partial charge in [-0.2, -0.15) is 0 Å². The summed E-state index contributed by atoms with van der Waals surface area (Å²) < 4.78 is 10.6. The van der Waals surface area contributed by atoms with Crippen LogP contribution in [0.2, 0.25) is 0 Å². The first-order chi connectivity index (χ1) is 18.7. The number of likely N-dealkylation sites (tertiary alicyclic amines) is 2. The van der Waals surface area contributed by atoms with Crippen LogP contribution >= 0.6 is 11.8 Å².